The van der Waals surface area contributed by atoms with E-state index in [1.807, 2.05) is 26.8 Å². The average Bonchev–Trinajstić information content (AvgIpc) is 2.27. The molecule has 1 rings (SSSR count). The van der Waals surface area contributed by atoms with Crippen LogP contribution in [0.2, 0.25) is 0 Å². The van der Waals surface area contributed by atoms with Crippen molar-refractivity contribution in [3.63, 3.8) is 0 Å². The van der Waals surface area contributed by atoms with Crippen molar-refractivity contribution < 1.29 is 9.59 Å². The van der Waals surface area contributed by atoms with Crippen LogP contribution in [0.25, 0.3) is 0 Å². The molecule has 0 saturated heterocycles. The molecule has 0 bridgehead atoms. The molecule has 0 heterocycles. The monoisotopic (exact) mass is 204 g/mol. The van der Waals surface area contributed by atoms with E-state index in [9.17, 15) is 9.59 Å². The number of carbonyl (C=O) groups excluding carboxylic acids is 2. The normalized spacial score (nSPS) is 10.1. The van der Waals surface area contributed by atoms with Crippen molar-refractivity contribution in [1.82, 2.24) is 0 Å². The summed E-state index contributed by atoms with van der Waals surface area (Å²) in [5.74, 6) is 0. The highest BCUT2D eigenvalue weighted by atomic mass is 16.1. The fourth-order valence-corrected chi connectivity index (χ4v) is 2.01. The van der Waals surface area contributed by atoms with Crippen LogP contribution >= 0.6 is 0 Å². The fourth-order valence-electron chi connectivity index (χ4n) is 2.01. The van der Waals surface area contributed by atoms with Crippen molar-refractivity contribution in [1.29, 1.82) is 0 Å². The first-order valence-corrected chi connectivity index (χ1v) is 5.25. The Balaban J connectivity index is 3.58. The molecule has 0 N–H and O–H groups in total. The zero-order chi connectivity index (χ0) is 11.4. The van der Waals surface area contributed by atoms with Gasteiger partial charge in [-0.3, -0.25) is 9.59 Å². The number of hydrogen-bond donors (Lipinski definition) is 0. The molecule has 1 aromatic rings. The molecule has 2 nitrogen and oxygen atoms in total. The third-order valence-electron chi connectivity index (χ3n) is 2.80. The Kier molecular flexibility index (Phi) is 3.78. The molecule has 0 unspecified atom stereocenters. The van der Waals surface area contributed by atoms with Crippen LogP contribution in [0.3, 0.4) is 0 Å². The SMILES string of the molecule is CCc1cc(C)c(CC)c(C=O)c1C=O. The maximum absolute atomic E-state index is 11.0. The second kappa shape index (κ2) is 4.87. The zero-order valence-corrected chi connectivity index (χ0v) is 9.46. The van der Waals surface area contributed by atoms with E-state index < -0.39 is 0 Å². The van der Waals surface area contributed by atoms with Crippen LogP contribution in [0.4, 0.5) is 0 Å². The van der Waals surface area contributed by atoms with E-state index >= 15 is 0 Å². The number of aryl methyl sites for hydroxylation is 2. The molecule has 0 saturated carbocycles. The maximum Gasteiger partial charge on any atom is 0.151 e. The Morgan fingerprint density at radius 3 is 2.07 bits per heavy atom. The molecule has 0 aromatic heterocycles. The molecule has 0 atom stereocenters. The van der Waals surface area contributed by atoms with Gasteiger partial charge >= 0.3 is 0 Å². The van der Waals surface area contributed by atoms with E-state index in [0.29, 0.717) is 11.1 Å². The van der Waals surface area contributed by atoms with Gasteiger partial charge in [0.2, 0.25) is 0 Å². The van der Waals surface area contributed by atoms with Gasteiger partial charge in [0, 0.05) is 11.1 Å². The fraction of sp³-hybridized carbons (Fsp3) is 0.385. The molecule has 0 aliphatic heterocycles. The Bertz CT molecular complexity index is 392. The van der Waals surface area contributed by atoms with E-state index in [-0.39, 0.29) is 0 Å². The third kappa shape index (κ3) is 1.99. The Labute approximate surface area is 90.3 Å². The van der Waals surface area contributed by atoms with E-state index in [2.05, 4.69) is 0 Å². The van der Waals surface area contributed by atoms with Gasteiger partial charge in [0.05, 0.1) is 0 Å². The van der Waals surface area contributed by atoms with Gasteiger partial charge in [0.15, 0.2) is 12.6 Å². The molecule has 80 valence electrons. The summed E-state index contributed by atoms with van der Waals surface area (Å²) < 4.78 is 0. The first-order valence-electron chi connectivity index (χ1n) is 5.25. The van der Waals surface area contributed by atoms with E-state index in [4.69, 9.17) is 0 Å². The van der Waals surface area contributed by atoms with Gasteiger partial charge in [-0.15, -0.1) is 0 Å². The standard InChI is InChI=1S/C13H16O2/c1-4-10-6-9(3)11(5-2)13(8-15)12(10)7-14/h6-8H,4-5H2,1-3H3. The summed E-state index contributed by atoms with van der Waals surface area (Å²) in [6.45, 7) is 5.97. The summed E-state index contributed by atoms with van der Waals surface area (Å²) in [6, 6.07) is 2.01. The Morgan fingerprint density at radius 2 is 1.67 bits per heavy atom. The molecule has 0 fully saturated rings. The minimum absolute atomic E-state index is 0.565. The van der Waals surface area contributed by atoms with Gasteiger partial charge in [-0.1, -0.05) is 19.9 Å². The number of aldehydes is 2. The lowest BCUT2D eigenvalue weighted by Crippen LogP contribution is -2.04. The number of rotatable bonds is 4. The minimum atomic E-state index is 0.565. The highest BCUT2D eigenvalue weighted by molar-refractivity contribution is 5.93. The minimum Gasteiger partial charge on any atom is -0.298 e. The summed E-state index contributed by atoms with van der Waals surface area (Å²) in [4.78, 5) is 22.0. The molecule has 0 spiro atoms. The average molecular weight is 204 g/mol. The van der Waals surface area contributed by atoms with Crippen molar-refractivity contribution in [3.8, 4) is 0 Å². The summed E-state index contributed by atoms with van der Waals surface area (Å²) in [5, 5.41) is 0. The van der Waals surface area contributed by atoms with Crippen molar-refractivity contribution in [2.75, 3.05) is 0 Å². The second-order valence-electron chi connectivity index (χ2n) is 3.60. The van der Waals surface area contributed by atoms with Crippen molar-refractivity contribution >= 4 is 12.6 Å². The summed E-state index contributed by atoms with van der Waals surface area (Å²) in [6.07, 6.45) is 3.15. The molecule has 0 amide bonds. The molecule has 0 aliphatic carbocycles. The number of benzene rings is 1. The van der Waals surface area contributed by atoms with Gasteiger partial charge in [0.1, 0.15) is 0 Å². The lowest BCUT2D eigenvalue weighted by molar-refractivity contribution is 0.109. The Morgan fingerprint density at radius 1 is 1.07 bits per heavy atom. The van der Waals surface area contributed by atoms with Gasteiger partial charge in [-0.2, -0.15) is 0 Å². The molecule has 0 radical (unpaired) electrons. The van der Waals surface area contributed by atoms with Crippen LogP contribution in [0.15, 0.2) is 6.07 Å². The van der Waals surface area contributed by atoms with Gasteiger partial charge in [-0.25, -0.2) is 0 Å². The summed E-state index contributed by atoms with van der Waals surface area (Å²) in [7, 11) is 0. The molecule has 1 aromatic carbocycles. The lowest BCUT2D eigenvalue weighted by Gasteiger charge is -2.12. The van der Waals surface area contributed by atoms with Gasteiger partial charge in [0.25, 0.3) is 0 Å². The van der Waals surface area contributed by atoms with E-state index in [1.54, 1.807) is 0 Å². The predicted octanol–water partition coefficient (Wildman–Crippen LogP) is 2.74. The van der Waals surface area contributed by atoms with Crippen molar-refractivity contribution in [2.24, 2.45) is 0 Å². The molecular formula is C13H16O2. The van der Waals surface area contributed by atoms with Crippen LogP contribution < -0.4 is 0 Å². The topological polar surface area (TPSA) is 34.1 Å². The van der Waals surface area contributed by atoms with Crippen molar-refractivity contribution in [3.05, 3.63) is 33.9 Å². The van der Waals surface area contributed by atoms with E-state index in [1.165, 1.54) is 0 Å². The Hall–Kier alpha value is -1.44. The molecular weight excluding hydrogens is 188 g/mol. The number of carbonyl (C=O) groups is 2. The van der Waals surface area contributed by atoms with Crippen LogP contribution in [0.5, 0.6) is 0 Å². The molecule has 15 heavy (non-hydrogen) atoms. The van der Waals surface area contributed by atoms with Crippen LogP contribution in [-0.4, -0.2) is 12.6 Å². The first kappa shape index (κ1) is 11.6. The highest BCUT2D eigenvalue weighted by Gasteiger charge is 2.12. The quantitative estimate of drug-likeness (QED) is 0.707. The smallest absolute Gasteiger partial charge is 0.151 e. The third-order valence-corrected chi connectivity index (χ3v) is 2.80. The van der Waals surface area contributed by atoms with Crippen LogP contribution in [0, 0.1) is 6.92 Å². The second-order valence-corrected chi connectivity index (χ2v) is 3.60. The van der Waals surface area contributed by atoms with Crippen molar-refractivity contribution in [2.45, 2.75) is 33.6 Å². The molecule has 2 heteroatoms. The predicted molar refractivity (Wildman–Crippen MR) is 60.7 cm³/mol. The van der Waals surface area contributed by atoms with E-state index in [0.717, 1.165) is 42.1 Å². The summed E-state index contributed by atoms with van der Waals surface area (Å²) in [5.41, 5.74) is 4.19. The number of hydrogen-bond acceptors (Lipinski definition) is 2. The summed E-state index contributed by atoms with van der Waals surface area (Å²) >= 11 is 0. The maximum atomic E-state index is 11.0. The first-order chi connectivity index (χ1) is 7.19. The zero-order valence-electron chi connectivity index (χ0n) is 9.46. The molecule has 0 aliphatic rings. The van der Waals surface area contributed by atoms with Gasteiger partial charge < -0.3 is 0 Å². The van der Waals surface area contributed by atoms with Crippen LogP contribution in [-0.2, 0) is 12.8 Å². The van der Waals surface area contributed by atoms with Gasteiger partial charge in [-0.05, 0) is 36.5 Å². The van der Waals surface area contributed by atoms with Crippen LogP contribution in [0.1, 0.15) is 51.3 Å². The largest absolute Gasteiger partial charge is 0.298 e. The highest BCUT2D eigenvalue weighted by Crippen LogP contribution is 2.21. The lowest BCUT2D eigenvalue weighted by atomic mass is 9.91.